The van der Waals surface area contributed by atoms with Crippen LogP contribution in [-0.4, -0.2) is 17.9 Å². The minimum atomic E-state index is -0.467. The summed E-state index contributed by atoms with van der Waals surface area (Å²) in [6, 6.07) is 4.95. The molecule has 1 aromatic carbocycles. The van der Waals surface area contributed by atoms with Gasteiger partial charge in [-0.1, -0.05) is 6.92 Å². The highest BCUT2D eigenvalue weighted by Gasteiger charge is 2.24. The molecule has 5 heteroatoms. The van der Waals surface area contributed by atoms with Crippen molar-refractivity contribution in [3.8, 4) is 0 Å². The van der Waals surface area contributed by atoms with E-state index in [1.807, 2.05) is 6.07 Å². The van der Waals surface area contributed by atoms with Gasteiger partial charge in [0.05, 0.1) is 0 Å². The average Bonchev–Trinajstić information content (AvgIpc) is 2.50. The van der Waals surface area contributed by atoms with Crippen LogP contribution in [-0.2, 0) is 16.0 Å². The Hall–Kier alpha value is -2.04. The molecular formula is C13H17N3O2. The molecular weight excluding hydrogens is 230 g/mol. The molecule has 0 spiro atoms. The van der Waals surface area contributed by atoms with Crippen LogP contribution in [0.4, 0.5) is 11.4 Å². The number of carbonyl (C=O) groups is 2. The molecule has 0 unspecified atom stereocenters. The number of hydrogen-bond donors (Lipinski definition) is 3. The van der Waals surface area contributed by atoms with Crippen LogP contribution in [0.1, 0.15) is 25.3 Å². The Bertz CT molecular complexity index is 485. The quantitative estimate of drug-likeness (QED) is 0.683. The van der Waals surface area contributed by atoms with Crippen molar-refractivity contribution in [3.05, 3.63) is 23.8 Å². The fourth-order valence-electron chi connectivity index (χ4n) is 2.03. The lowest BCUT2D eigenvalue weighted by atomic mass is 10.1. The Morgan fingerprint density at radius 3 is 3.06 bits per heavy atom. The van der Waals surface area contributed by atoms with Crippen molar-refractivity contribution in [3.63, 3.8) is 0 Å². The molecule has 5 nitrogen and oxygen atoms in total. The third-order valence-electron chi connectivity index (χ3n) is 3.06. The van der Waals surface area contributed by atoms with Crippen LogP contribution in [0.25, 0.3) is 0 Å². The van der Waals surface area contributed by atoms with Crippen LogP contribution in [0, 0.1) is 0 Å². The number of benzene rings is 1. The van der Waals surface area contributed by atoms with Gasteiger partial charge in [0, 0.05) is 17.8 Å². The molecule has 0 saturated carbocycles. The second kappa shape index (κ2) is 5.08. The number of nitrogen functional groups attached to an aromatic ring is 1. The van der Waals surface area contributed by atoms with E-state index in [-0.39, 0.29) is 11.8 Å². The van der Waals surface area contributed by atoms with E-state index in [1.54, 1.807) is 19.1 Å². The molecule has 0 aromatic heterocycles. The van der Waals surface area contributed by atoms with E-state index in [9.17, 15) is 9.59 Å². The Balaban J connectivity index is 2.16. The highest BCUT2D eigenvalue weighted by Crippen LogP contribution is 2.24. The first-order chi connectivity index (χ1) is 8.60. The fraction of sp³-hybridized carbons (Fsp3) is 0.385. The molecule has 96 valence electrons. The normalized spacial score (nSPS) is 18.5. The van der Waals surface area contributed by atoms with Gasteiger partial charge in [-0.2, -0.15) is 0 Å². The summed E-state index contributed by atoms with van der Waals surface area (Å²) in [4.78, 5) is 23.3. The zero-order chi connectivity index (χ0) is 13.1. The van der Waals surface area contributed by atoms with E-state index in [1.165, 1.54) is 0 Å². The number of carbonyl (C=O) groups excluding carboxylic acids is 2. The van der Waals surface area contributed by atoms with Gasteiger partial charge in [-0.15, -0.1) is 0 Å². The second-order valence-corrected chi connectivity index (χ2v) is 4.42. The van der Waals surface area contributed by atoms with Crippen LogP contribution < -0.4 is 16.4 Å². The first-order valence-corrected chi connectivity index (χ1v) is 6.08. The minimum absolute atomic E-state index is 0.111. The summed E-state index contributed by atoms with van der Waals surface area (Å²) in [5.74, 6) is -0.277. The molecule has 0 aliphatic carbocycles. The van der Waals surface area contributed by atoms with Gasteiger partial charge in [0.1, 0.15) is 6.04 Å². The first kappa shape index (κ1) is 12.4. The average molecular weight is 247 g/mol. The van der Waals surface area contributed by atoms with Crippen molar-refractivity contribution in [2.45, 2.75) is 32.2 Å². The topological polar surface area (TPSA) is 84.2 Å². The third-order valence-corrected chi connectivity index (χ3v) is 3.06. The summed E-state index contributed by atoms with van der Waals surface area (Å²) in [6.07, 6.45) is 1.69. The number of anilines is 2. The van der Waals surface area contributed by atoms with E-state index in [4.69, 9.17) is 5.73 Å². The molecule has 1 aromatic rings. The predicted molar refractivity (Wildman–Crippen MR) is 70.0 cm³/mol. The summed E-state index contributed by atoms with van der Waals surface area (Å²) in [5, 5.41) is 5.55. The molecule has 0 saturated heterocycles. The zero-order valence-electron chi connectivity index (χ0n) is 10.3. The van der Waals surface area contributed by atoms with Crippen molar-refractivity contribution in [1.82, 2.24) is 5.32 Å². The molecule has 4 N–H and O–H groups in total. The van der Waals surface area contributed by atoms with Crippen molar-refractivity contribution in [2.24, 2.45) is 0 Å². The molecule has 2 rings (SSSR count). The van der Waals surface area contributed by atoms with Gasteiger partial charge in [-0.25, -0.2) is 0 Å². The van der Waals surface area contributed by atoms with E-state index < -0.39 is 6.04 Å². The van der Waals surface area contributed by atoms with Gasteiger partial charge < -0.3 is 16.4 Å². The Labute approximate surface area is 106 Å². The Morgan fingerprint density at radius 2 is 2.33 bits per heavy atom. The zero-order valence-corrected chi connectivity index (χ0v) is 10.3. The number of nitrogens with one attached hydrogen (secondary N) is 2. The maximum absolute atomic E-state index is 12.0. The van der Waals surface area contributed by atoms with E-state index in [2.05, 4.69) is 10.6 Å². The number of aryl methyl sites for hydroxylation is 1. The summed E-state index contributed by atoms with van der Waals surface area (Å²) in [7, 11) is 0. The summed E-state index contributed by atoms with van der Waals surface area (Å²) in [6.45, 7) is 1.76. The summed E-state index contributed by atoms with van der Waals surface area (Å²) >= 11 is 0. The number of amides is 2. The van der Waals surface area contributed by atoms with Crippen LogP contribution >= 0.6 is 0 Å². The molecule has 1 aliphatic rings. The van der Waals surface area contributed by atoms with Crippen LogP contribution in [0.2, 0.25) is 0 Å². The molecule has 2 amide bonds. The van der Waals surface area contributed by atoms with E-state index in [0.29, 0.717) is 24.9 Å². The molecule has 0 bridgehead atoms. The molecule has 18 heavy (non-hydrogen) atoms. The third kappa shape index (κ3) is 2.61. The first-order valence-electron chi connectivity index (χ1n) is 6.08. The van der Waals surface area contributed by atoms with Crippen LogP contribution in [0.3, 0.4) is 0 Å². The Morgan fingerprint density at radius 1 is 1.56 bits per heavy atom. The van der Waals surface area contributed by atoms with Crippen LogP contribution in [0.15, 0.2) is 18.2 Å². The maximum atomic E-state index is 12.0. The number of rotatable bonds is 2. The van der Waals surface area contributed by atoms with Gasteiger partial charge >= 0.3 is 0 Å². The smallest absolute Gasteiger partial charge is 0.246 e. The lowest BCUT2D eigenvalue weighted by molar-refractivity contribution is -0.126. The minimum Gasteiger partial charge on any atom is -0.399 e. The second-order valence-electron chi connectivity index (χ2n) is 4.42. The van der Waals surface area contributed by atoms with Crippen molar-refractivity contribution < 1.29 is 9.59 Å². The predicted octanol–water partition coefficient (Wildman–Crippen LogP) is 1.05. The van der Waals surface area contributed by atoms with Gasteiger partial charge in [-0.05, 0) is 36.6 Å². The Kier molecular flexibility index (Phi) is 3.50. The highest BCUT2D eigenvalue weighted by molar-refractivity contribution is 5.98. The number of nitrogens with two attached hydrogens (primary N) is 1. The molecule has 1 aliphatic heterocycles. The highest BCUT2D eigenvalue weighted by atomic mass is 16.2. The standard InChI is InChI=1S/C13H17N3O2/c1-2-12(17)15-11-5-3-8-7-9(14)4-6-10(8)16-13(11)18/h4,6-7,11H,2-3,5,14H2,1H3,(H,15,17)(H,16,18)/t11-/m1/s1. The molecule has 1 atom stereocenters. The van der Waals surface area contributed by atoms with Crippen molar-refractivity contribution in [1.29, 1.82) is 0 Å². The van der Waals surface area contributed by atoms with Gasteiger partial charge in [0.15, 0.2) is 0 Å². The lowest BCUT2D eigenvalue weighted by Gasteiger charge is -2.14. The SMILES string of the molecule is CCC(=O)N[C@@H]1CCc2cc(N)ccc2NC1=O. The fourth-order valence-corrected chi connectivity index (χ4v) is 2.03. The van der Waals surface area contributed by atoms with Crippen LogP contribution in [0.5, 0.6) is 0 Å². The van der Waals surface area contributed by atoms with Gasteiger partial charge in [0.25, 0.3) is 0 Å². The molecule has 0 fully saturated rings. The van der Waals surface area contributed by atoms with Crippen molar-refractivity contribution in [2.75, 3.05) is 11.1 Å². The summed E-state index contributed by atoms with van der Waals surface area (Å²) in [5.41, 5.74) is 8.19. The maximum Gasteiger partial charge on any atom is 0.246 e. The number of fused-ring (bicyclic) bond motifs is 1. The van der Waals surface area contributed by atoms with Crippen molar-refractivity contribution >= 4 is 23.2 Å². The van der Waals surface area contributed by atoms with Gasteiger partial charge in [-0.3, -0.25) is 9.59 Å². The monoisotopic (exact) mass is 247 g/mol. The molecule has 0 radical (unpaired) electrons. The lowest BCUT2D eigenvalue weighted by Crippen LogP contribution is -2.42. The summed E-state index contributed by atoms with van der Waals surface area (Å²) < 4.78 is 0. The number of hydrogen-bond acceptors (Lipinski definition) is 3. The van der Waals surface area contributed by atoms with Gasteiger partial charge in [0.2, 0.25) is 11.8 Å². The van der Waals surface area contributed by atoms with E-state index >= 15 is 0 Å². The largest absolute Gasteiger partial charge is 0.399 e. The van der Waals surface area contributed by atoms with E-state index in [0.717, 1.165) is 11.3 Å². The molecule has 1 heterocycles.